The fraction of sp³-hybridized carbons (Fsp3) is 0.188. The summed E-state index contributed by atoms with van der Waals surface area (Å²) in [5.41, 5.74) is -0.0889. The Morgan fingerprint density at radius 3 is 2.70 bits per heavy atom. The van der Waals surface area contributed by atoms with Gasteiger partial charge >= 0.3 is 6.18 Å². The highest BCUT2D eigenvalue weighted by Crippen LogP contribution is 2.34. The van der Waals surface area contributed by atoms with Gasteiger partial charge in [-0.2, -0.15) is 13.2 Å². The number of benzene rings is 2. The number of alkyl halides is 3. The molecule has 0 bridgehead atoms. The second-order valence-electron chi connectivity index (χ2n) is 5.18. The number of hydrogen-bond acceptors (Lipinski definition) is 3. The Kier molecular flexibility index (Phi) is 3.63. The molecule has 1 unspecified atom stereocenters. The van der Waals surface area contributed by atoms with Gasteiger partial charge in [-0.3, -0.25) is 4.79 Å². The van der Waals surface area contributed by atoms with E-state index in [1.54, 1.807) is 0 Å². The topological polar surface area (TPSA) is 58.6 Å². The molecule has 0 saturated heterocycles. The molecule has 4 nitrogen and oxygen atoms in total. The van der Waals surface area contributed by atoms with Gasteiger partial charge in [-0.05, 0) is 23.8 Å². The molecule has 1 amide bonds. The van der Waals surface area contributed by atoms with Crippen molar-refractivity contribution in [3.05, 3.63) is 53.6 Å². The molecule has 2 aromatic carbocycles. The van der Waals surface area contributed by atoms with Crippen molar-refractivity contribution >= 4 is 11.6 Å². The average molecular weight is 323 g/mol. The third-order valence-corrected chi connectivity index (χ3v) is 3.46. The first-order valence-electron chi connectivity index (χ1n) is 6.79. The van der Waals surface area contributed by atoms with Crippen LogP contribution >= 0.6 is 0 Å². The Morgan fingerprint density at radius 1 is 1.17 bits per heavy atom. The van der Waals surface area contributed by atoms with Crippen LogP contribution in [-0.2, 0) is 17.4 Å². The molecule has 1 aliphatic rings. The molecule has 1 heterocycles. The molecular formula is C16H12F3NO3. The van der Waals surface area contributed by atoms with Gasteiger partial charge in [0.2, 0.25) is 0 Å². The monoisotopic (exact) mass is 323 g/mol. The van der Waals surface area contributed by atoms with E-state index >= 15 is 0 Å². The minimum Gasteiger partial charge on any atom is -0.508 e. The summed E-state index contributed by atoms with van der Waals surface area (Å²) in [4.78, 5) is 12.0. The third-order valence-electron chi connectivity index (χ3n) is 3.46. The van der Waals surface area contributed by atoms with Crippen LogP contribution in [0.4, 0.5) is 18.9 Å². The highest BCUT2D eigenvalue weighted by molar-refractivity contribution is 5.98. The van der Waals surface area contributed by atoms with Gasteiger partial charge in [-0.25, -0.2) is 0 Å². The first kappa shape index (κ1) is 15.2. The molecule has 0 spiro atoms. The van der Waals surface area contributed by atoms with Gasteiger partial charge in [-0.15, -0.1) is 0 Å². The van der Waals surface area contributed by atoms with Crippen LogP contribution in [0.3, 0.4) is 0 Å². The Labute approximate surface area is 129 Å². The van der Waals surface area contributed by atoms with E-state index in [-0.39, 0.29) is 12.2 Å². The predicted octanol–water partition coefficient (Wildman–Crippen LogP) is 3.35. The van der Waals surface area contributed by atoms with E-state index in [2.05, 4.69) is 5.32 Å². The quantitative estimate of drug-likeness (QED) is 0.891. The average Bonchev–Trinajstić information content (AvgIpc) is 2.48. The van der Waals surface area contributed by atoms with Gasteiger partial charge in [0.15, 0.2) is 6.10 Å². The number of carbonyl (C=O) groups is 1. The van der Waals surface area contributed by atoms with Crippen molar-refractivity contribution in [2.75, 3.05) is 5.32 Å². The molecule has 1 atom stereocenters. The molecule has 0 saturated carbocycles. The molecule has 0 aliphatic carbocycles. The SMILES string of the molecule is O=C1Nc2cc(O)ccc2OC1Cc1cccc(C(F)(F)F)c1. The van der Waals surface area contributed by atoms with Crippen LogP contribution in [0.5, 0.6) is 11.5 Å². The number of carbonyl (C=O) groups excluding carboxylic acids is 1. The standard InChI is InChI=1S/C16H12F3NO3/c17-16(18,19)10-3-1-2-9(6-10)7-14-15(22)20-12-8-11(21)4-5-13(12)23-14/h1-6,8,14,21H,7H2,(H,20,22). The number of nitrogens with one attached hydrogen (secondary N) is 1. The fourth-order valence-electron chi connectivity index (χ4n) is 2.36. The largest absolute Gasteiger partial charge is 0.508 e. The molecule has 2 aromatic rings. The summed E-state index contributed by atoms with van der Waals surface area (Å²) >= 11 is 0. The summed E-state index contributed by atoms with van der Waals surface area (Å²) in [5.74, 6) is -0.135. The maximum atomic E-state index is 12.7. The van der Waals surface area contributed by atoms with Crippen molar-refractivity contribution in [1.29, 1.82) is 0 Å². The van der Waals surface area contributed by atoms with Crippen LogP contribution in [0.2, 0.25) is 0 Å². The van der Waals surface area contributed by atoms with Crippen molar-refractivity contribution < 1.29 is 27.8 Å². The second-order valence-corrected chi connectivity index (χ2v) is 5.18. The van der Waals surface area contributed by atoms with Gasteiger partial charge in [0.1, 0.15) is 11.5 Å². The summed E-state index contributed by atoms with van der Waals surface area (Å²) in [5, 5.41) is 11.9. The summed E-state index contributed by atoms with van der Waals surface area (Å²) < 4.78 is 43.7. The number of anilines is 1. The van der Waals surface area contributed by atoms with E-state index in [9.17, 15) is 23.1 Å². The minimum absolute atomic E-state index is 0.00999. The normalized spacial score (nSPS) is 17.2. The first-order chi connectivity index (χ1) is 10.8. The van der Waals surface area contributed by atoms with Crippen molar-refractivity contribution in [1.82, 2.24) is 0 Å². The third kappa shape index (κ3) is 3.23. The lowest BCUT2D eigenvalue weighted by Crippen LogP contribution is -2.38. The summed E-state index contributed by atoms with van der Waals surface area (Å²) in [6, 6.07) is 9.02. The Hall–Kier alpha value is -2.70. The van der Waals surface area contributed by atoms with E-state index < -0.39 is 23.8 Å². The summed E-state index contributed by atoms with van der Waals surface area (Å²) in [6.07, 6.45) is -5.36. The number of amides is 1. The van der Waals surface area contributed by atoms with E-state index in [1.807, 2.05) is 0 Å². The zero-order chi connectivity index (χ0) is 16.6. The van der Waals surface area contributed by atoms with Gasteiger partial charge in [0.05, 0.1) is 11.3 Å². The zero-order valence-corrected chi connectivity index (χ0v) is 11.7. The maximum Gasteiger partial charge on any atom is 0.416 e. The number of rotatable bonds is 2. The number of hydrogen-bond donors (Lipinski definition) is 2. The number of phenolic OH excluding ortho intramolecular Hbond substituents is 1. The van der Waals surface area contributed by atoms with Crippen molar-refractivity contribution in [3.8, 4) is 11.5 Å². The maximum absolute atomic E-state index is 12.7. The lowest BCUT2D eigenvalue weighted by Gasteiger charge is -2.26. The van der Waals surface area contributed by atoms with E-state index in [0.29, 0.717) is 17.0 Å². The number of halogens is 3. The molecule has 2 N–H and O–H groups in total. The molecule has 23 heavy (non-hydrogen) atoms. The van der Waals surface area contributed by atoms with Crippen molar-refractivity contribution in [2.24, 2.45) is 0 Å². The van der Waals surface area contributed by atoms with E-state index in [1.165, 1.54) is 30.3 Å². The van der Waals surface area contributed by atoms with E-state index in [0.717, 1.165) is 12.1 Å². The van der Waals surface area contributed by atoms with Crippen LogP contribution in [0, 0.1) is 0 Å². The van der Waals surface area contributed by atoms with Gasteiger partial charge < -0.3 is 15.2 Å². The Morgan fingerprint density at radius 2 is 1.96 bits per heavy atom. The second kappa shape index (κ2) is 5.49. The van der Waals surface area contributed by atoms with Gasteiger partial charge in [0.25, 0.3) is 5.91 Å². The molecule has 0 fully saturated rings. The van der Waals surface area contributed by atoms with Crippen LogP contribution < -0.4 is 10.1 Å². The number of fused-ring (bicyclic) bond motifs is 1. The van der Waals surface area contributed by atoms with E-state index in [4.69, 9.17) is 4.74 Å². The van der Waals surface area contributed by atoms with Gasteiger partial charge in [0, 0.05) is 12.5 Å². The molecule has 0 aromatic heterocycles. The van der Waals surface area contributed by atoms with Crippen LogP contribution in [-0.4, -0.2) is 17.1 Å². The molecular weight excluding hydrogens is 311 g/mol. The van der Waals surface area contributed by atoms with Crippen LogP contribution in [0.25, 0.3) is 0 Å². The predicted molar refractivity (Wildman–Crippen MR) is 76.3 cm³/mol. The van der Waals surface area contributed by atoms with Crippen molar-refractivity contribution in [3.63, 3.8) is 0 Å². The molecule has 3 rings (SSSR count). The zero-order valence-electron chi connectivity index (χ0n) is 11.7. The van der Waals surface area contributed by atoms with Crippen molar-refractivity contribution in [2.45, 2.75) is 18.7 Å². The number of phenols is 1. The lowest BCUT2D eigenvalue weighted by molar-refractivity contribution is -0.137. The Balaban J connectivity index is 1.81. The number of aromatic hydroxyl groups is 1. The summed E-state index contributed by atoms with van der Waals surface area (Å²) in [6.45, 7) is 0. The fourth-order valence-corrected chi connectivity index (χ4v) is 2.36. The minimum atomic E-state index is -4.43. The molecule has 0 radical (unpaired) electrons. The molecule has 7 heteroatoms. The Bertz CT molecular complexity index is 758. The highest BCUT2D eigenvalue weighted by atomic mass is 19.4. The molecule has 120 valence electrons. The highest BCUT2D eigenvalue weighted by Gasteiger charge is 2.32. The first-order valence-corrected chi connectivity index (χ1v) is 6.79. The van der Waals surface area contributed by atoms with Crippen LogP contribution in [0.15, 0.2) is 42.5 Å². The number of ether oxygens (including phenoxy) is 1. The molecule has 1 aliphatic heterocycles. The lowest BCUT2D eigenvalue weighted by atomic mass is 10.0. The smallest absolute Gasteiger partial charge is 0.416 e. The van der Waals surface area contributed by atoms with Crippen LogP contribution in [0.1, 0.15) is 11.1 Å². The van der Waals surface area contributed by atoms with Gasteiger partial charge in [-0.1, -0.05) is 18.2 Å². The summed E-state index contributed by atoms with van der Waals surface area (Å²) in [7, 11) is 0.